The Hall–Kier alpha value is -1.38. The maximum Gasteiger partial charge on any atom is 0.0640 e. The lowest BCUT2D eigenvalue weighted by Gasteiger charge is -2.29. The minimum absolute atomic E-state index is 0.174. The van der Waals surface area contributed by atoms with E-state index in [1.54, 1.807) is 12.4 Å². The fourth-order valence-electron chi connectivity index (χ4n) is 2.69. The Kier molecular flexibility index (Phi) is 3.54. The molecule has 19 heavy (non-hydrogen) atoms. The predicted molar refractivity (Wildman–Crippen MR) is 78.3 cm³/mol. The number of halogens is 1. The second-order valence-corrected chi connectivity index (χ2v) is 5.54. The van der Waals surface area contributed by atoms with Crippen LogP contribution in [0.3, 0.4) is 0 Å². The summed E-state index contributed by atoms with van der Waals surface area (Å²) in [5.74, 6) is 0.669. The van der Waals surface area contributed by atoms with Crippen molar-refractivity contribution >= 4 is 11.6 Å². The van der Waals surface area contributed by atoms with Crippen molar-refractivity contribution < 1.29 is 0 Å². The fourth-order valence-corrected chi connectivity index (χ4v) is 2.93. The average molecular weight is 273 g/mol. The van der Waals surface area contributed by atoms with Crippen LogP contribution in [0.1, 0.15) is 47.9 Å². The van der Waals surface area contributed by atoms with Gasteiger partial charge in [-0.2, -0.15) is 0 Å². The molecule has 1 fully saturated rings. The smallest absolute Gasteiger partial charge is 0.0640 e. The molecule has 1 atom stereocenters. The first-order chi connectivity index (χ1) is 9.27. The molecule has 1 aromatic carbocycles. The Labute approximate surface area is 118 Å². The quantitative estimate of drug-likeness (QED) is 0.915. The zero-order valence-corrected chi connectivity index (χ0v) is 11.5. The highest BCUT2D eigenvalue weighted by Gasteiger charge is 2.24. The lowest BCUT2D eigenvalue weighted by molar-refractivity contribution is 0.416. The summed E-state index contributed by atoms with van der Waals surface area (Å²) in [6, 6.07) is 10.2. The maximum atomic E-state index is 6.42. The third-order valence-corrected chi connectivity index (χ3v) is 4.33. The molecule has 3 heteroatoms. The minimum Gasteiger partial charge on any atom is -0.320 e. The van der Waals surface area contributed by atoms with Crippen LogP contribution in [0.25, 0.3) is 0 Å². The van der Waals surface area contributed by atoms with Crippen LogP contribution >= 0.6 is 11.6 Å². The number of nitrogens with zero attached hydrogens (tertiary/aromatic N) is 1. The van der Waals surface area contributed by atoms with Crippen LogP contribution in [0.5, 0.6) is 0 Å². The highest BCUT2D eigenvalue weighted by atomic mass is 35.5. The van der Waals surface area contributed by atoms with Gasteiger partial charge in [0.2, 0.25) is 0 Å². The first-order valence-electron chi connectivity index (χ1n) is 6.71. The summed E-state index contributed by atoms with van der Waals surface area (Å²) < 4.78 is 0. The molecular formula is C16H17ClN2. The van der Waals surface area contributed by atoms with Crippen molar-refractivity contribution in [3.63, 3.8) is 0 Å². The van der Waals surface area contributed by atoms with Gasteiger partial charge in [-0.1, -0.05) is 42.3 Å². The summed E-state index contributed by atoms with van der Waals surface area (Å²) in [6.45, 7) is 0. The summed E-state index contributed by atoms with van der Waals surface area (Å²) in [6.07, 6.45) is 7.27. The van der Waals surface area contributed by atoms with Crippen molar-refractivity contribution in [2.75, 3.05) is 0 Å². The van der Waals surface area contributed by atoms with Gasteiger partial charge in [-0.3, -0.25) is 4.98 Å². The van der Waals surface area contributed by atoms with Crippen molar-refractivity contribution in [3.05, 3.63) is 64.4 Å². The number of aromatic nitrogens is 1. The van der Waals surface area contributed by atoms with Gasteiger partial charge in [0.15, 0.2) is 0 Å². The molecule has 0 bridgehead atoms. The third-order valence-electron chi connectivity index (χ3n) is 4.01. The maximum absolute atomic E-state index is 6.42. The molecule has 1 heterocycles. The van der Waals surface area contributed by atoms with Crippen molar-refractivity contribution in [3.8, 4) is 0 Å². The van der Waals surface area contributed by atoms with Crippen LogP contribution in [-0.2, 0) is 0 Å². The van der Waals surface area contributed by atoms with Crippen LogP contribution in [0.15, 0.2) is 42.7 Å². The van der Waals surface area contributed by atoms with Gasteiger partial charge in [-0.05, 0) is 41.5 Å². The molecule has 1 aliphatic rings. The van der Waals surface area contributed by atoms with Crippen LogP contribution in [0, 0.1) is 0 Å². The van der Waals surface area contributed by atoms with E-state index < -0.39 is 0 Å². The Morgan fingerprint density at radius 3 is 2.63 bits per heavy atom. The zero-order valence-electron chi connectivity index (χ0n) is 10.7. The molecule has 2 nitrogen and oxygen atoms in total. The lowest BCUT2D eigenvalue weighted by atomic mass is 9.76. The van der Waals surface area contributed by atoms with Crippen LogP contribution in [0.2, 0.25) is 5.02 Å². The third kappa shape index (κ3) is 2.38. The average Bonchev–Trinajstić information content (AvgIpc) is 2.37. The van der Waals surface area contributed by atoms with Gasteiger partial charge in [0, 0.05) is 12.4 Å². The van der Waals surface area contributed by atoms with Gasteiger partial charge in [-0.25, -0.2) is 0 Å². The van der Waals surface area contributed by atoms with E-state index in [0.717, 1.165) is 5.56 Å². The molecule has 2 aromatic rings. The topological polar surface area (TPSA) is 38.9 Å². The van der Waals surface area contributed by atoms with E-state index in [0.29, 0.717) is 10.9 Å². The second-order valence-electron chi connectivity index (χ2n) is 5.13. The molecule has 98 valence electrons. The highest BCUT2D eigenvalue weighted by molar-refractivity contribution is 6.31. The molecule has 0 radical (unpaired) electrons. The molecule has 0 aliphatic heterocycles. The summed E-state index contributed by atoms with van der Waals surface area (Å²) in [4.78, 5) is 4.02. The molecule has 2 N–H and O–H groups in total. The van der Waals surface area contributed by atoms with E-state index in [4.69, 9.17) is 17.3 Å². The number of rotatable bonds is 3. The van der Waals surface area contributed by atoms with Crippen molar-refractivity contribution in [2.24, 2.45) is 5.73 Å². The molecule has 0 saturated heterocycles. The first-order valence-corrected chi connectivity index (χ1v) is 7.09. The first kappa shape index (κ1) is 12.6. The Bertz CT molecular complexity index is 578. The molecule has 1 unspecified atom stereocenters. The molecular weight excluding hydrogens is 256 g/mol. The zero-order chi connectivity index (χ0) is 13.2. The van der Waals surface area contributed by atoms with E-state index in [-0.39, 0.29) is 6.04 Å². The lowest BCUT2D eigenvalue weighted by Crippen LogP contribution is -2.18. The number of hydrogen-bond acceptors (Lipinski definition) is 2. The summed E-state index contributed by atoms with van der Waals surface area (Å²) in [5.41, 5.74) is 9.95. The number of hydrogen-bond donors (Lipinski definition) is 1. The van der Waals surface area contributed by atoms with Crippen LogP contribution < -0.4 is 5.73 Å². The van der Waals surface area contributed by atoms with Crippen molar-refractivity contribution in [1.82, 2.24) is 4.98 Å². The largest absolute Gasteiger partial charge is 0.320 e. The monoisotopic (exact) mass is 272 g/mol. The predicted octanol–water partition coefficient (Wildman–Crippen LogP) is 4.05. The van der Waals surface area contributed by atoms with Crippen molar-refractivity contribution in [1.29, 1.82) is 0 Å². The molecule has 0 spiro atoms. The molecule has 0 amide bonds. The number of nitrogens with two attached hydrogens (primary N) is 1. The standard InChI is InChI=1S/C16H17ClN2/c17-15-10-19-9-8-14(15)16(18)13-7-2-1-6-12(13)11-4-3-5-11/h1-2,6-11,16H,3-5,18H2. The Balaban J connectivity index is 2.00. The van der Waals surface area contributed by atoms with E-state index in [9.17, 15) is 0 Å². The van der Waals surface area contributed by atoms with Gasteiger partial charge in [0.25, 0.3) is 0 Å². The van der Waals surface area contributed by atoms with E-state index in [1.165, 1.54) is 30.4 Å². The van der Waals surface area contributed by atoms with E-state index >= 15 is 0 Å². The fraction of sp³-hybridized carbons (Fsp3) is 0.312. The SMILES string of the molecule is NC(c1ccncc1Cl)c1ccccc1C1CCC1. The van der Waals surface area contributed by atoms with Gasteiger partial charge in [0.05, 0.1) is 11.1 Å². The van der Waals surface area contributed by atoms with Gasteiger partial charge < -0.3 is 5.73 Å². The van der Waals surface area contributed by atoms with Gasteiger partial charge in [-0.15, -0.1) is 0 Å². The summed E-state index contributed by atoms with van der Waals surface area (Å²) in [5, 5.41) is 0.637. The van der Waals surface area contributed by atoms with Gasteiger partial charge in [0.1, 0.15) is 0 Å². The molecule has 1 aromatic heterocycles. The molecule has 1 aliphatic carbocycles. The second kappa shape index (κ2) is 5.32. The van der Waals surface area contributed by atoms with Gasteiger partial charge >= 0.3 is 0 Å². The van der Waals surface area contributed by atoms with Crippen LogP contribution in [0.4, 0.5) is 0 Å². The highest BCUT2D eigenvalue weighted by Crippen LogP contribution is 2.40. The number of pyridine rings is 1. The van der Waals surface area contributed by atoms with Crippen molar-refractivity contribution in [2.45, 2.75) is 31.2 Å². The van der Waals surface area contributed by atoms with Crippen LogP contribution in [-0.4, -0.2) is 4.98 Å². The van der Waals surface area contributed by atoms with E-state index in [1.807, 2.05) is 12.1 Å². The molecule has 3 rings (SSSR count). The van der Waals surface area contributed by atoms with E-state index in [2.05, 4.69) is 23.2 Å². The summed E-state index contributed by atoms with van der Waals surface area (Å²) >= 11 is 6.21. The Morgan fingerprint density at radius 1 is 1.16 bits per heavy atom. The molecule has 1 saturated carbocycles. The Morgan fingerprint density at radius 2 is 1.95 bits per heavy atom. The number of benzene rings is 1. The summed E-state index contributed by atoms with van der Waals surface area (Å²) in [7, 11) is 0. The normalized spacial score (nSPS) is 16.9. The minimum atomic E-state index is -0.174.